The van der Waals surface area contributed by atoms with E-state index in [1.807, 2.05) is 0 Å². The highest BCUT2D eigenvalue weighted by atomic mass is 28.4. The van der Waals surface area contributed by atoms with Crippen LogP contribution in [0, 0.1) is 11.8 Å². The third kappa shape index (κ3) is 4.31. The number of methoxy groups -OCH3 is 1. The summed E-state index contributed by atoms with van der Waals surface area (Å²) in [5.74, 6) is 1.66. The van der Waals surface area contributed by atoms with Gasteiger partial charge in [-0.1, -0.05) is 20.8 Å². The van der Waals surface area contributed by atoms with Crippen LogP contribution in [0.25, 0.3) is 0 Å². The van der Waals surface area contributed by atoms with E-state index in [4.69, 9.17) is 13.9 Å². The van der Waals surface area contributed by atoms with E-state index < -0.39 is 8.32 Å². The average molecular weight is 315 g/mol. The van der Waals surface area contributed by atoms with Gasteiger partial charge in [-0.25, -0.2) is 0 Å². The maximum atomic E-state index is 6.64. The molecule has 0 aromatic heterocycles. The molecular weight excluding hydrogens is 280 g/mol. The van der Waals surface area contributed by atoms with Gasteiger partial charge < -0.3 is 13.9 Å². The minimum absolute atomic E-state index is 0.310. The van der Waals surface area contributed by atoms with Gasteiger partial charge >= 0.3 is 0 Å². The molecule has 0 aromatic rings. The normalized spacial score (nSPS) is 34.0. The summed E-state index contributed by atoms with van der Waals surface area (Å²) in [6, 6.07) is 0. The van der Waals surface area contributed by atoms with E-state index in [0.29, 0.717) is 24.0 Å². The standard InChI is InChI=1S/C17H34O3Si/c1-17(2,3)21(5,6)20-16-9-13-7-8-15(19-12-18-4)10-14(13)11-16/h13-16H,7-12H2,1-6H3. The fourth-order valence-corrected chi connectivity index (χ4v) is 5.04. The Morgan fingerprint density at radius 2 is 1.57 bits per heavy atom. The molecule has 2 fully saturated rings. The third-order valence-electron chi connectivity index (χ3n) is 5.91. The van der Waals surface area contributed by atoms with Crippen LogP contribution in [0.4, 0.5) is 0 Å². The van der Waals surface area contributed by atoms with Crippen molar-refractivity contribution in [2.75, 3.05) is 13.9 Å². The van der Waals surface area contributed by atoms with Crippen LogP contribution in [0.15, 0.2) is 0 Å². The molecule has 0 saturated heterocycles. The molecule has 0 aromatic carbocycles. The Bertz CT molecular complexity index is 337. The summed E-state index contributed by atoms with van der Waals surface area (Å²) < 4.78 is 17.5. The maximum absolute atomic E-state index is 6.64. The van der Waals surface area contributed by atoms with Crippen molar-refractivity contribution in [3.8, 4) is 0 Å². The SMILES string of the molecule is COCOC1CCC2CC(O[Si](C)(C)C(C)(C)C)CC2C1. The molecule has 4 atom stereocenters. The van der Waals surface area contributed by atoms with E-state index in [-0.39, 0.29) is 0 Å². The van der Waals surface area contributed by atoms with Crippen LogP contribution < -0.4 is 0 Å². The molecule has 4 heteroatoms. The highest BCUT2D eigenvalue weighted by Gasteiger charge is 2.44. The van der Waals surface area contributed by atoms with Crippen LogP contribution in [0.3, 0.4) is 0 Å². The Balaban J connectivity index is 1.86. The zero-order valence-corrected chi connectivity index (χ0v) is 15.8. The largest absolute Gasteiger partial charge is 0.414 e. The lowest BCUT2D eigenvalue weighted by Crippen LogP contribution is -2.43. The lowest BCUT2D eigenvalue weighted by Gasteiger charge is -2.38. The Hall–Kier alpha value is 0.0969. The Morgan fingerprint density at radius 3 is 2.19 bits per heavy atom. The maximum Gasteiger partial charge on any atom is 0.192 e. The molecule has 0 spiro atoms. The predicted molar refractivity (Wildman–Crippen MR) is 88.9 cm³/mol. The molecule has 2 aliphatic rings. The smallest absolute Gasteiger partial charge is 0.192 e. The Morgan fingerprint density at radius 1 is 0.952 bits per heavy atom. The van der Waals surface area contributed by atoms with Crippen molar-refractivity contribution in [1.29, 1.82) is 0 Å². The van der Waals surface area contributed by atoms with Crippen molar-refractivity contribution in [2.45, 2.75) is 83.2 Å². The number of hydrogen-bond donors (Lipinski definition) is 0. The quantitative estimate of drug-likeness (QED) is 0.549. The molecule has 0 bridgehead atoms. The molecule has 0 heterocycles. The first-order valence-electron chi connectivity index (χ1n) is 8.51. The molecule has 2 rings (SSSR count). The zero-order valence-electron chi connectivity index (χ0n) is 14.8. The molecule has 2 aliphatic carbocycles. The summed E-state index contributed by atoms with van der Waals surface area (Å²) in [7, 11) is 0.0752. The number of fused-ring (bicyclic) bond motifs is 1. The number of hydrogen-bond acceptors (Lipinski definition) is 3. The summed E-state index contributed by atoms with van der Waals surface area (Å²) >= 11 is 0. The van der Waals surface area contributed by atoms with E-state index in [0.717, 1.165) is 11.8 Å². The second-order valence-electron chi connectivity index (χ2n) is 8.50. The number of rotatable bonds is 5. The van der Waals surface area contributed by atoms with Crippen LogP contribution in [0.2, 0.25) is 18.1 Å². The van der Waals surface area contributed by atoms with Gasteiger partial charge in [0.25, 0.3) is 0 Å². The van der Waals surface area contributed by atoms with Gasteiger partial charge in [0.05, 0.1) is 6.10 Å². The van der Waals surface area contributed by atoms with Gasteiger partial charge in [-0.3, -0.25) is 0 Å². The molecule has 2 saturated carbocycles. The topological polar surface area (TPSA) is 27.7 Å². The Kier molecular flexibility index (Phi) is 5.56. The second-order valence-corrected chi connectivity index (χ2v) is 13.3. The predicted octanol–water partition coefficient (Wildman–Crippen LogP) is 4.58. The van der Waals surface area contributed by atoms with Crippen LogP contribution in [-0.2, 0) is 13.9 Å². The van der Waals surface area contributed by atoms with Crippen molar-refractivity contribution >= 4 is 8.32 Å². The van der Waals surface area contributed by atoms with Gasteiger partial charge in [0.1, 0.15) is 6.79 Å². The summed E-state index contributed by atoms with van der Waals surface area (Å²) in [6.45, 7) is 12.2. The minimum Gasteiger partial charge on any atom is -0.414 e. The molecule has 0 radical (unpaired) electrons. The highest BCUT2D eigenvalue weighted by molar-refractivity contribution is 6.74. The van der Waals surface area contributed by atoms with Crippen molar-refractivity contribution in [1.82, 2.24) is 0 Å². The third-order valence-corrected chi connectivity index (χ3v) is 10.4. The molecule has 3 nitrogen and oxygen atoms in total. The van der Waals surface area contributed by atoms with Gasteiger partial charge in [-0.05, 0) is 62.1 Å². The summed E-state index contributed by atoms with van der Waals surface area (Å²) in [6.07, 6.45) is 7.09. The van der Waals surface area contributed by atoms with E-state index in [9.17, 15) is 0 Å². The zero-order chi connectivity index (χ0) is 15.7. The van der Waals surface area contributed by atoms with Crippen molar-refractivity contribution in [2.24, 2.45) is 11.8 Å². The van der Waals surface area contributed by atoms with Crippen LogP contribution in [0.1, 0.15) is 52.9 Å². The first-order valence-corrected chi connectivity index (χ1v) is 11.4. The summed E-state index contributed by atoms with van der Waals surface area (Å²) in [4.78, 5) is 0. The second kappa shape index (κ2) is 6.69. The Labute approximate surface area is 131 Å². The molecule has 4 unspecified atom stereocenters. The summed E-state index contributed by atoms with van der Waals surface area (Å²) in [5.41, 5.74) is 0. The van der Waals surface area contributed by atoms with Gasteiger partial charge in [0.15, 0.2) is 8.32 Å². The minimum atomic E-state index is -1.62. The monoisotopic (exact) mass is 314 g/mol. The van der Waals surface area contributed by atoms with Crippen LogP contribution in [-0.4, -0.2) is 34.4 Å². The number of ether oxygens (including phenoxy) is 2. The van der Waals surface area contributed by atoms with E-state index in [1.54, 1.807) is 7.11 Å². The van der Waals surface area contributed by atoms with Crippen LogP contribution >= 0.6 is 0 Å². The van der Waals surface area contributed by atoms with Gasteiger partial charge in [0.2, 0.25) is 0 Å². The van der Waals surface area contributed by atoms with E-state index >= 15 is 0 Å². The summed E-state index contributed by atoms with van der Waals surface area (Å²) in [5, 5.41) is 0.310. The van der Waals surface area contributed by atoms with E-state index in [1.165, 1.54) is 32.1 Å². The van der Waals surface area contributed by atoms with E-state index in [2.05, 4.69) is 33.9 Å². The van der Waals surface area contributed by atoms with Gasteiger partial charge in [0, 0.05) is 13.2 Å². The van der Waals surface area contributed by atoms with Crippen molar-refractivity contribution in [3.05, 3.63) is 0 Å². The molecule has 0 N–H and O–H groups in total. The highest BCUT2D eigenvalue weighted by Crippen LogP contribution is 2.47. The van der Waals surface area contributed by atoms with Gasteiger partial charge in [-0.2, -0.15) is 0 Å². The molecule has 0 aliphatic heterocycles. The van der Waals surface area contributed by atoms with Crippen molar-refractivity contribution < 1.29 is 13.9 Å². The van der Waals surface area contributed by atoms with Crippen LogP contribution in [0.5, 0.6) is 0 Å². The fourth-order valence-electron chi connectivity index (χ4n) is 3.66. The molecule has 21 heavy (non-hydrogen) atoms. The first-order chi connectivity index (χ1) is 9.73. The fraction of sp³-hybridized carbons (Fsp3) is 1.00. The van der Waals surface area contributed by atoms with Crippen molar-refractivity contribution in [3.63, 3.8) is 0 Å². The molecular formula is C17H34O3Si. The molecule has 0 amide bonds. The lowest BCUT2D eigenvalue weighted by molar-refractivity contribution is -0.0922. The average Bonchev–Trinajstić information content (AvgIpc) is 2.75. The lowest BCUT2D eigenvalue weighted by atomic mass is 9.80. The molecule has 124 valence electrons. The first kappa shape index (κ1) is 17.5. The van der Waals surface area contributed by atoms with Gasteiger partial charge in [-0.15, -0.1) is 0 Å².